The molecule has 1 rings (SSSR count). The highest BCUT2D eigenvalue weighted by Crippen LogP contribution is 2.05. The average molecular weight is 193 g/mol. The van der Waals surface area contributed by atoms with Crippen LogP contribution in [0.3, 0.4) is 0 Å². The SMILES string of the molecule is CC(CC(=O)O)n1cnnn1.Cl. The van der Waals surface area contributed by atoms with E-state index in [2.05, 4.69) is 15.5 Å². The van der Waals surface area contributed by atoms with Crippen LogP contribution in [0, 0.1) is 0 Å². The van der Waals surface area contributed by atoms with Crippen LogP contribution in [0.1, 0.15) is 19.4 Å². The first kappa shape index (κ1) is 10.8. The van der Waals surface area contributed by atoms with E-state index in [9.17, 15) is 4.79 Å². The molecule has 0 bridgehead atoms. The Labute approximate surface area is 75.0 Å². The van der Waals surface area contributed by atoms with Crippen LogP contribution in [-0.2, 0) is 4.79 Å². The Morgan fingerprint density at radius 3 is 2.83 bits per heavy atom. The third kappa shape index (κ3) is 2.83. The second-order valence-corrected chi connectivity index (χ2v) is 2.24. The topological polar surface area (TPSA) is 80.9 Å². The van der Waals surface area contributed by atoms with E-state index in [1.54, 1.807) is 6.92 Å². The molecule has 0 fully saturated rings. The lowest BCUT2D eigenvalue weighted by Gasteiger charge is -2.05. The zero-order valence-corrected chi connectivity index (χ0v) is 7.23. The number of rotatable bonds is 3. The second-order valence-electron chi connectivity index (χ2n) is 2.24. The van der Waals surface area contributed by atoms with E-state index in [0.29, 0.717) is 0 Å². The zero-order valence-electron chi connectivity index (χ0n) is 6.41. The Bertz CT molecular complexity index is 238. The number of halogens is 1. The number of carboxylic acids is 1. The Balaban J connectivity index is 0.00000121. The molecule has 0 amide bonds. The first-order valence-electron chi connectivity index (χ1n) is 3.14. The predicted octanol–water partition coefficient (Wildman–Crippen LogP) is 0.131. The Morgan fingerprint density at radius 1 is 1.75 bits per heavy atom. The number of carboxylic acid groups (broad SMARTS) is 1. The molecule has 0 spiro atoms. The van der Waals surface area contributed by atoms with Gasteiger partial charge in [0.2, 0.25) is 0 Å². The van der Waals surface area contributed by atoms with Gasteiger partial charge in [0.1, 0.15) is 6.33 Å². The van der Waals surface area contributed by atoms with Crippen LogP contribution >= 0.6 is 12.4 Å². The van der Waals surface area contributed by atoms with Crippen LogP contribution < -0.4 is 0 Å². The Hall–Kier alpha value is -1.17. The fraction of sp³-hybridized carbons (Fsp3) is 0.600. The van der Waals surface area contributed by atoms with Crippen LogP contribution in [0.4, 0.5) is 0 Å². The highest BCUT2D eigenvalue weighted by molar-refractivity contribution is 5.85. The van der Waals surface area contributed by atoms with Gasteiger partial charge in [0, 0.05) is 0 Å². The summed E-state index contributed by atoms with van der Waals surface area (Å²) < 4.78 is 1.41. The van der Waals surface area contributed by atoms with Crippen molar-refractivity contribution < 1.29 is 9.90 Å². The van der Waals surface area contributed by atoms with Gasteiger partial charge < -0.3 is 5.11 Å². The third-order valence-electron chi connectivity index (χ3n) is 1.29. The van der Waals surface area contributed by atoms with Gasteiger partial charge in [-0.05, 0) is 17.4 Å². The predicted molar refractivity (Wildman–Crippen MR) is 42.0 cm³/mol. The molecule has 0 aliphatic rings. The minimum atomic E-state index is -0.854. The maximum Gasteiger partial charge on any atom is 0.305 e. The van der Waals surface area contributed by atoms with Crippen LogP contribution in [0.5, 0.6) is 0 Å². The van der Waals surface area contributed by atoms with Crippen LogP contribution in [-0.4, -0.2) is 31.3 Å². The molecule has 0 saturated heterocycles. The smallest absolute Gasteiger partial charge is 0.305 e. The van der Waals surface area contributed by atoms with Crippen molar-refractivity contribution in [2.75, 3.05) is 0 Å². The summed E-state index contributed by atoms with van der Waals surface area (Å²) in [5.41, 5.74) is 0. The lowest BCUT2D eigenvalue weighted by molar-refractivity contribution is -0.137. The maximum absolute atomic E-state index is 10.2. The molecular formula is C5H9ClN4O2. The molecule has 1 N–H and O–H groups in total. The van der Waals surface area contributed by atoms with Gasteiger partial charge in [-0.2, -0.15) is 0 Å². The highest BCUT2D eigenvalue weighted by Gasteiger charge is 2.09. The van der Waals surface area contributed by atoms with Gasteiger partial charge in [-0.3, -0.25) is 4.79 Å². The van der Waals surface area contributed by atoms with Crippen molar-refractivity contribution in [1.82, 2.24) is 20.2 Å². The molecule has 0 saturated carbocycles. The van der Waals surface area contributed by atoms with E-state index in [4.69, 9.17) is 5.11 Å². The molecule has 1 unspecified atom stereocenters. The van der Waals surface area contributed by atoms with E-state index >= 15 is 0 Å². The summed E-state index contributed by atoms with van der Waals surface area (Å²) in [6.45, 7) is 1.74. The van der Waals surface area contributed by atoms with Gasteiger partial charge in [0.25, 0.3) is 0 Å². The summed E-state index contributed by atoms with van der Waals surface area (Å²) in [5, 5.41) is 18.7. The van der Waals surface area contributed by atoms with Crippen molar-refractivity contribution in [1.29, 1.82) is 0 Å². The lowest BCUT2D eigenvalue weighted by atomic mass is 10.2. The minimum absolute atomic E-state index is 0. The first-order valence-corrected chi connectivity index (χ1v) is 3.14. The molecule has 1 aromatic rings. The largest absolute Gasteiger partial charge is 0.481 e. The summed E-state index contributed by atoms with van der Waals surface area (Å²) in [4.78, 5) is 10.2. The quantitative estimate of drug-likeness (QED) is 0.736. The van der Waals surface area contributed by atoms with Crippen LogP contribution in [0.15, 0.2) is 6.33 Å². The van der Waals surface area contributed by atoms with E-state index in [0.717, 1.165) is 0 Å². The molecule has 12 heavy (non-hydrogen) atoms. The standard InChI is InChI=1S/C5H8N4O2.ClH/c1-4(2-5(10)11)9-3-6-7-8-9;/h3-4H,2H2,1H3,(H,10,11);1H. The molecule has 1 heterocycles. The zero-order chi connectivity index (χ0) is 8.27. The van der Waals surface area contributed by atoms with Gasteiger partial charge in [-0.15, -0.1) is 17.5 Å². The second kappa shape index (κ2) is 4.66. The fourth-order valence-electron chi connectivity index (χ4n) is 0.717. The maximum atomic E-state index is 10.2. The molecule has 1 aromatic heterocycles. The van der Waals surface area contributed by atoms with E-state index in [-0.39, 0.29) is 24.9 Å². The van der Waals surface area contributed by atoms with Gasteiger partial charge in [-0.1, -0.05) is 0 Å². The van der Waals surface area contributed by atoms with E-state index < -0.39 is 5.97 Å². The summed E-state index contributed by atoms with van der Waals surface area (Å²) >= 11 is 0. The van der Waals surface area contributed by atoms with E-state index in [1.807, 2.05) is 0 Å². The molecule has 0 aromatic carbocycles. The number of aliphatic carboxylic acids is 1. The molecule has 6 nitrogen and oxygen atoms in total. The molecular weight excluding hydrogens is 184 g/mol. The number of aromatic nitrogens is 4. The van der Waals surface area contributed by atoms with Gasteiger partial charge in [-0.25, -0.2) is 4.68 Å². The van der Waals surface area contributed by atoms with Crippen molar-refractivity contribution in [2.45, 2.75) is 19.4 Å². The van der Waals surface area contributed by atoms with Crippen molar-refractivity contribution in [3.05, 3.63) is 6.33 Å². The van der Waals surface area contributed by atoms with Crippen molar-refractivity contribution in [2.24, 2.45) is 0 Å². The number of carbonyl (C=O) groups is 1. The number of nitrogens with zero attached hydrogens (tertiary/aromatic N) is 4. The molecule has 0 radical (unpaired) electrons. The summed E-state index contributed by atoms with van der Waals surface area (Å²) in [7, 11) is 0. The molecule has 68 valence electrons. The number of tetrazole rings is 1. The molecule has 7 heteroatoms. The summed E-state index contributed by atoms with van der Waals surface area (Å²) in [6.07, 6.45) is 1.43. The fourth-order valence-corrected chi connectivity index (χ4v) is 0.717. The molecule has 0 aliphatic carbocycles. The summed E-state index contributed by atoms with van der Waals surface area (Å²) in [6, 6.07) is -0.192. The van der Waals surface area contributed by atoms with Gasteiger partial charge in [0.05, 0.1) is 12.5 Å². The van der Waals surface area contributed by atoms with Gasteiger partial charge in [0.15, 0.2) is 0 Å². The molecule has 0 aliphatic heterocycles. The summed E-state index contributed by atoms with van der Waals surface area (Å²) in [5.74, 6) is -0.854. The van der Waals surface area contributed by atoms with Gasteiger partial charge >= 0.3 is 5.97 Å². The minimum Gasteiger partial charge on any atom is -0.481 e. The monoisotopic (exact) mass is 192 g/mol. The number of hydrogen-bond acceptors (Lipinski definition) is 4. The van der Waals surface area contributed by atoms with Crippen LogP contribution in [0.2, 0.25) is 0 Å². The lowest BCUT2D eigenvalue weighted by Crippen LogP contribution is -2.10. The highest BCUT2D eigenvalue weighted by atomic mass is 35.5. The van der Waals surface area contributed by atoms with Crippen LogP contribution in [0.25, 0.3) is 0 Å². The van der Waals surface area contributed by atoms with E-state index in [1.165, 1.54) is 11.0 Å². The van der Waals surface area contributed by atoms with Crippen molar-refractivity contribution in [3.8, 4) is 0 Å². The van der Waals surface area contributed by atoms with Crippen molar-refractivity contribution in [3.63, 3.8) is 0 Å². The Kier molecular flexibility index (Phi) is 4.20. The first-order chi connectivity index (χ1) is 5.20. The third-order valence-corrected chi connectivity index (χ3v) is 1.29. The number of hydrogen-bond donors (Lipinski definition) is 1. The Morgan fingerprint density at radius 2 is 2.42 bits per heavy atom. The normalized spacial score (nSPS) is 11.8. The van der Waals surface area contributed by atoms with Crippen molar-refractivity contribution >= 4 is 18.4 Å². The molecule has 1 atom stereocenters. The average Bonchev–Trinajstić information content (AvgIpc) is 2.35.